The van der Waals surface area contributed by atoms with Gasteiger partial charge >= 0.3 is 6.18 Å². The van der Waals surface area contributed by atoms with Gasteiger partial charge < -0.3 is 5.73 Å². The van der Waals surface area contributed by atoms with Gasteiger partial charge in [0.25, 0.3) is 0 Å². The highest BCUT2D eigenvalue weighted by atomic mass is 19.4. The van der Waals surface area contributed by atoms with Gasteiger partial charge in [-0.05, 0) is 6.07 Å². The number of aromatic nitrogens is 2. The van der Waals surface area contributed by atoms with E-state index >= 15 is 0 Å². The number of benzene rings is 1. The molecule has 3 nitrogen and oxygen atoms in total. The van der Waals surface area contributed by atoms with Crippen LogP contribution in [0.15, 0.2) is 24.3 Å². The van der Waals surface area contributed by atoms with E-state index in [4.69, 9.17) is 5.73 Å². The number of para-hydroxylation sites is 1. The summed E-state index contributed by atoms with van der Waals surface area (Å²) in [7, 11) is 0. The van der Waals surface area contributed by atoms with Crippen LogP contribution in [0, 0.1) is 0 Å². The molecule has 78 valence electrons. The zero-order valence-corrected chi connectivity index (χ0v) is 7.42. The van der Waals surface area contributed by atoms with E-state index in [1.54, 1.807) is 6.07 Å². The summed E-state index contributed by atoms with van der Waals surface area (Å²) >= 11 is 0. The lowest BCUT2D eigenvalue weighted by atomic mass is 10.2. The molecule has 0 saturated carbocycles. The highest BCUT2D eigenvalue weighted by Crippen LogP contribution is 2.32. The first-order valence-corrected chi connectivity index (χ1v) is 4.08. The van der Waals surface area contributed by atoms with Crippen LogP contribution in [0.5, 0.6) is 0 Å². The summed E-state index contributed by atoms with van der Waals surface area (Å²) in [5.41, 5.74) is 4.40. The van der Waals surface area contributed by atoms with Crippen LogP contribution in [0.3, 0.4) is 0 Å². The molecule has 6 heteroatoms. The normalized spacial score (nSPS) is 11.9. The van der Waals surface area contributed by atoms with E-state index in [9.17, 15) is 13.2 Å². The third-order valence-corrected chi connectivity index (χ3v) is 1.89. The van der Waals surface area contributed by atoms with E-state index in [1.165, 1.54) is 18.2 Å². The van der Waals surface area contributed by atoms with Crippen molar-refractivity contribution >= 4 is 16.9 Å². The number of hydrogen-bond acceptors (Lipinski definition) is 3. The molecule has 2 aromatic rings. The van der Waals surface area contributed by atoms with Crippen molar-refractivity contribution in [1.29, 1.82) is 0 Å². The Kier molecular flexibility index (Phi) is 1.99. The zero-order chi connectivity index (χ0) is 11.1. The van der Waals surface area contributed by atoms with Gasteiger partial charge in [0.1, 0.15) is 0 Å². The number of halogens is 3. The molecule has 0 spiro atoms. The topological polar surface area (TPSA) is 51.8 Å². The number of nitrogens with two attached hydrogens (primary N) is 1. The van der Waals surface area contributed by atoms with Crippen LogP contribution in [0.4, 0.5) is 19.1 Å². The van der Waals surface area contributed by atoms with Gasteiger partial charge in [-0.2, -0.15) is 13.2 Å². The standard InChI is InChI=1S/C9H6F3N3/c10-9(11,12)7-5-3-1-2-4-6(5)14-8(13)15-7/h1-4H,(H2,13,14,15). The molecule has 1 aromatic carbocycles. The summed E-state index contributed by atoms with van der Waals surface area (Å²) in [5.74, 6) is -0.374. The maximum Gasteiger partial charge on any atom is 0.434 e. The van der Waals surface area contributed by atoms with Crippen LogP contribution in [0.25, 0.3) is 10.9 Å². The average molecular weight is 213 g/mol. The highest BCUT2D eigenvalue weighted by Gasteiger charge is 2.35. The van der Waals surface area contributed by atoms with Crippen LogP contribution in [-0.4, -0.2) is 9.97 Å². The van der Waals surface area contributed by atoms with Gasteiger partial charge in [0, 0.05) is 5.39 Å². The SMILES string of the molecule is Nc1nc(C(F)(F)F)c2ccccc2n1. The lowest BCUT2D eigenvalue weighted by Gasteiger charge is -2.09. The number of anilines is 1. The van der Waals surface area contributed by atoms with E-state index in [0.29, 0.717) is 0 Å². The Morgan fingerprint density at radius 3 is 2.40 bits per heavy atom. The minimum atomic E-state index is -4.52. The highest BCUT2D eigenvalue weighted by molar-refractivity contribution is 5.82. The molecule has 15 heavy (non-hydrogen) atoms. The summed E-state index contributed by atoms with van der Waals surface area (Å²) in [6, 6.07) is 5.87. The van der Waals surface area contributed by atoms with E-state index in [-0.39, 0.29) is 16.9 Å². The molecule has 1 heterocycles. The molecular weight excluding hydrogens is 207 g/mol. The molecule has 0 radical (unpaired) electrons. The Bertz CT molecular complexity index is 507. The summed E-state index contributed by atoms with van der Waals surface area (Å²) < 4.78 is 37.7. The Hall–Kier alpha value is -1.85. The quantitative estimate of drug-likeness (QED) is 0.730. The third kappa shape index (κ3) is 1.70. The molecule has 0 amide bonds. The zero-order valence-electron chi connectivity index (χ0n) is 7.42. The van der Waals surface area contributed by atoms with Crippen molar-refractivity contribution < 1.29 is 13.2 Å². The van der Waals surface area contributed by atoms with Gasteiger partial charge in [0.2, 0.25) is 5.95 Å². The minimum Gasteiger partial charge on any atom is -0.368 e. The molecule has 0 saturated heterocycles. The fourth-order valence-electron chi connectivity index (χ4n) is 1.31. The van der Waals surface area contributed by atoms with Gasteiger partial charge in [-0.1, -0.05) is 18.2 Å². The van der Waals surface area contributed by atoms with E-state index < -0.39 is 11.9 Å². The first-order chi connectivity index (χ1) is 6.98. The minimum absolute atomic E-state index is 0.0424. The van der Waals surface area contributed by atoms with Gasteiger partial charge in [-0.25, -0.2) is 9.97 Å². The first kappa shape index (κ1) is 9.70. The smallest absolute Gasteiger partial charge is 0.368 e. The van der Waals surface area contributed by atoms with Gasteiger partial charge in [-0.3, -0.25) is 0 Å². The molecule has 2 N–H and O–H groups in total. The number of hydrogen-bond donors (Lipinski definition) is 1. The number of alkyl halides is 3. The molecule has 0 bridgehead atoms. The summed E-state index contributed by atoms with van der Waals surface area (Å²) in [5, 5.41) is -0.0424. The predicted octanol–water partition coefficient (Wildman–Crippen LogP) is 2.23. The molecule has 2 rings (SSSR count). The Morgan fingerprint density at radius 1 is 1.07 bits per heavy atom. The van der Waals surface area contributed by atoms with Gasteiger partial charge in [-0.15, -0.1) is 0 Å². The van der Waals surface area contributed by atoms with Crippen molar-refractivity contribution in [2.45, 2.75) is 6.18 Å². The fraction of sp³-hybridized carbons (Fsp3) is 0.111. The largest absolute Gasteiger partial charge is 0.434 e. The van der Waals surface area contributed by atoms with Crippen LogP contribution in [-0.2, 0) is 6.18 Å². The van der Waals surface area contributed by atoms with Gasteiger partial charge in [0.05, 0.1) is 5.52 Å². The maximum atomic E-state index is 12.6. The summed E-state index contributed by atoms with van der Waals surface area (Å²) in [4.78, 5) is 6.93. The molecule has 0 atom stereocenters. The number of nitrogen functional groups attached to an aromatic ring is 1. The number of fused-ring (bicyclic) bond motifs is 1. The van der Waals surface area contributed by atoms with Crippen LogP contribution >= 0.6 is 0 Å². The second-order valence-electron chi connectivity index (χ2n) is 2.95. The lowest BCUT2D eigenvalue weighted by Crippen LogP contribution is -2.11. The molecule has 0 fully saturated rings. The van der Waals surface area contributed by atoms with Crippen molar-refractivity contribution in [2.75, 3.05) is 5.73 Å². The van der Waals surface area contributed by atoms with Gasteiger partial charge in [0.15, 0.2) is 5.69 Å². The van der Waals surface area contributed by atoms with Crippen LogP contribution in [0.1, 0.15) is 5.69 Å². The third-order valence-electron chi connectivity index (χ3n) is 1.89. The van der Waals surface area contributed by atoms with Crippen molar-refractivity contribution in [3.63, 3.8) is 0 Å². The number of nitrogens with zero attached hydrogens (tertiary/aromatic N) is 2. The van der Waals surface area contributed by atoms with Crippen molar-refractivity contribution in [2.24, 2.45) is 0 Å². The van der Waals surface area contributed by atoms with Crippen LogP contribution < -0.4 is 5.73 Å². The summed E-state index contributed by atoms with van der Waals surface area (Å²) in [6.45, 7) is 0. The second kappa shape index (κ2) is 3.08. The molecule has 0 aliphatic carbocycles. The summed E-state index contributed by atoms with van der Waals surface area (Å²) in [6.07, 6.45) is -4.52. The van der Waals surface area contributed by atoms with Crippen molar-refractivity contribution in [3.05, 3.63) is 30.0 Å². The maximum absolute atomic E-state index is 12.6. The molecule has 0 aliphatic heterocycles. The van der Waals surface area contributed by atoms with E-state index in [2.05, 4.69) is 9.97 Å². The Balaban J connectivity index is 2.83. The monoisotopic (exact) mass is 213 g/mol. The molecule has 0 unspecified atom stereocenters. The molecular formula is C9H6F3N3. The number of rotatable bonds is 0. The van der Waals surface area contributed by atoms with Crippen molar-refractivity contribution in [3.8, 4) is 0 Å². The van der Waals surface area contributed by atoms with E-state index in [0.717, 1.165) is 0 Å². The lowest BCUT2D eigenvalue weighted by molar-refractivity contribution is -0.139. The average Bonchev–Trinajstić information content (AvgIpc) is 2.15. The predicted molar refractivity (Wildman–Crippen MR) is 49.0 cm³/mol. The fourth-order valence-corrected chi connectivity index (χ4v) is 1.31. The van der Waals surface area contributed by atoms with Crippen LogP contribution in [0.2, 0.25) is 0 Å². The molecule has 0 aliphatic rings. The Labute approximate surface area is 82.8 Å². The molecule has 1 aromatic heterocycles. The second-order valence-corrected chi connectivity index (χ2v) is 2.95. The Morgan fingerprint density at radius 2 is 1.73 bits per heavy atom. The first-order valence-electron chi connectivity index (χ1n) is 4.08. The van der Waals surface area contributed by atoms with E-state index in [1.807, 2.05) is 0 Å². The van der Waals surface area contributed by atoms with Crippen molar-refractivity contribution in [1.82, 2.24) is 9.97 Å².